The number of piperazine rings is 1. The van der Waals surface area contributed by atoms with E-state index in [9.17, 15) is 9.50 Å². The molecule has 4 aliphatic rings. The van der Waals surface area contributed by atoms with Crippen molar-refractivity contribution in [3.05, 3.63) is 47.1 Å². The molecule has 2 N–H and O–H groups in total. The van der Waals surface area contributed by atoms with Crippen LogP contribution in [0.4, 0.5) is 10.2 Å². The molecule has 0 aliphatic carbocycles. The second kappa shape index (κ2) is 10.4. The lowest BCUT2D eigenvalue weighted by Gasteiger charge is -2.35. The molecule has 4 aliphatic heterocycles. The van der Waals surface area contributed by atoms with E-state index in [1.165, 1.54) is 0 Å². The van der Waals surface area contributed by atoms with Crippen molar-refractivity contribution < 1.29 is 14.2 Å². The number of phenols is 1. The van der Waals surface area contributed by atoms with Crippen LogP contribution in [0.15, 0.2) is 36.5 Å². The number of hydrogen-bond donors (Lipinski definition) is 2. The number of alkyl halides is 1. The van der Waals surface area contributed by atoms with Gasteiger partial charge in [-0.05, 0) is 67.1 Å². The monoisotopic (exact) mass is 602 g/mol. The fraction of sp³-hybridized carbons (Fsp3) is 0.485. The maximum Gasteiger partial charge on any atom is 0.236 e. The second-order valence-corrected chi connectivity index (χ2v) is 13.2. The molecule has 4 saturated heterocycles. The van der Waals surface area contributed by atoms with Crippen molar-refractivity contribution in [1.82, 2.24) is 25.2 Å². The van der Waals surface area contributed by atoms with Gasteiger partial charge in [-0.25, -0.2) is 14.4 Å². The molecule has 2 bridgehead atoms. The summed E-state index contributed by atoms with van der Waals surface area (Å²) in [5, 5.41) is 17.4. The number of hydrogen-bond acceptors (Lipinski definition) is 8. The number of halogens is 2. The van der Waals surface area contributed by atoms with Crippen molar-refractivity contribution >= 4 is 39.1 Å². The Morgan fingerprint density at radius 2 is 2.00 bits per heavy atom. The summed E-state index contributed by atoms with van der Waals surface area (Å²) < 4.78 is 21.0. The molecular weight excluding hydrogens is 567 g/mol. The SMILES string of the molecule is CCc1cccc2cc(O)cc(-c3ncc4c(N5CC6CCC(C5)N6)nc(OC[C@@]56CCCN5C[C@H](F)C6)c(Cl)c4n3)c12. The number of fused-ring (bicyclic) bond motifs is 5. The van der Waals surface area contributed by atoms with Crippen LogP contribution in [0.1, 0.15) is 44.6 Å². The zero-order chi connectivity index (χ0) is 29.3. The number of nitrogens with one attached hydrogen (secondary N) is 1. The summed E-state index contributed by atoms with van der Waals surface area (Å²) in [6, 6.07) is 10.4. The van der Waals surface area contributed by atoms with Gasteiger partial charge in [-0.15, -0.1) is 0 Å². The van der Waals surface area contributed by atoms with Gasteiger partial charge in [0.1, 0.15) is 34.9 Å². The van der Waals surface area contributed by atoms with E-state index in [1.54, 1.807) is 12.1 Å². The molecule has 4 atom stereocenters. The fourth-order valence-corrected chi connectivity index (χ4v) is 8.31. The third-order valence-electron chi connectivity index (χ3n) is 10.1. The first-order valence-corrected chi connectivity index (χ1v) is 15.9. The first kappa shape index (κ1) is 27.3. The number of ether oxygens (including phenoxy) is 1. The third kappa shape index (κ3) is 4.59. The quantitative estimate of drug-likeness (QED) is 0.292. The number of aromatic hydroxyl groups is 1. The molecule has 0 saturated carbocycles. The molecule has 10 heteroatoms. The molecule has 4 fully saturated rings. The lowest BCUT2D eigenvalue weighted by atomic mass is 9.95. The number of anilines is 1. The number of aryl methyl sites for hydroxylation is 1. The van der Waals surface area contributed by atoms with Crippen molar-refractivity contribution in [1.29, 1.82) is 0 Å². The molecule has 0 spiro atoms. The second-order valence-electron chi connectivity index (χ2n) is 12.8. The van der Waals surface area contributed by atoms with Gasteiger partial charge < -0.3 is 20.1 Å². The van der Waals surface area contributed by atoms with Crippen molar-refractivity contribution in [2.75, 3.05) is 37.7 Å². The molecule has 0 radical (unpaired) electrons. The van der Waals surface area contributed by atoms with Gasteiger partial charge in [-0.1, -0.05) is 36.7 Å². The van der Waals surface area contributed by atoms with Crippen LogP contribution in [0.25, 0.3) is 33.1 Å². The number of aromatic nitrogens is 3. The van der Waals surface area contributed by atoms with E-state index in [2.05, 4.69) is 28.1 Å². The van der Waals surface area contributed by atoms with Crippen LogP contribution in [0.3, 0.4) is 0 Å². The Bertz CT molecular complexity index is 1730. The van der Waals surface area contributed by atoms with E-state index in [4.69, 9.17) is 31.3 Å². The number of benzene rings is 2. The molecule has 2 aromatic carbocycles. The normalized spacial score (nSPS) is 27.0. The predicted molar refractivity (Wildman–Crippen MR) is 167 cm³/mol. The Morgan fingerprint density at radius 1 is 1.16 bits per heavy atom. The standard InChI is InChI=1S/C33H36ClFN6O2/c1-2-19-5-3-6-20-11-24(42)12-25(27(19)20)30-36-14-26-29(38-30)28(34)32(39-31(26)40-16-22-7-8-23(17-40)37-22)43-18-33-9-4-10-41(33)15-21(35)13-33/h3,5-6,11-12,14,21-23,37,42H,2,4,7-10,13,15-18H2,1H3/t21-,22?,23?,33+/m1/s1. The Hall–Kier alpha value is -3.27. The molecule has 8 rings (SSSR count). The highest BCUT2D eigenvalue weighted by Gasteiger charge is 2.49. The molecule has 2 unspecified atom stereocenters. The van der Waals surface area contributed by atoms with Crippen LogP contribution in [0.5, 0.6) is 11.6 Å². The molecular formula is C33H36ClFN6O2. The Morgan fingerprint density at radius 3 is 2.81 bits per heavy atom. The Kier molecular flexibility index (Phi) is 6.62. The Balaban J connectivity index is 1.26. The average Bonchev–Trinajstić information content (AvgIpc) is 3.65. The first-order valence-electron chi connectivity index (χ1n) is 15.5. The molecule has 0 amide bonds. The summed E-state index contributed by atoms with van der Waals surface area (Å²) in [4.78, 5) is 19.4. The Labute approximate surface area is 255 Å². The summed E-state index contributed by atoms with van der Waals surface area (Å²) in [5.74, 6) is 1.74. The first-order chi connectivity index (χ1) is 20.9. The maximum absolute atomic E-state index is 14.5. The molecule has 43 heavy (non-hydrogen) atoms. The highest BCUT2D eigenvalue weighted by molar-refractivity contribution is 6.36. The van der Waals surface area contributed by atoms with E-state index in [0.717, 1.165) is 84.8 Å². The zero-order valence-corrected chi connectivity index (χ0v) is 25.1. The maximum atomic E-state index is 14.5. The van der Waals surface area contributed by atoms with Gasteiger partial charge in [0.2, 0.25) is 5.88 Å². The summed E-state index contributed by atoms with van der Waals surface area (Å²) in [6.07, 6.45) is 6.51. The number of pyridine rings is 1. The molecule has 2 aromatic heterocycles. The fourth-order valence-electron chi connectivity index (χ4n) is 8.07. The largest absolute Gasteiger partial charge is 0.508 e. The van der Waals surface area contributed by atoms with Crippen LogP contribution < -0.4 is 15.0 Å². The summed E-state index contributed by atoms with van der Waals surface area (Å²) in [7, 11) is 0. The van der Waals surface area contributed by atoms with Gasteiger partial charge in [0.25, 0.3) is 0 Å². The smallest absolute Gasteiger partial charge is 0.236 e. The zero-order valence-electron chi connectivity index (χ0n) is 24.3. The van der Waals surface area contributed by atoms with E-state index < -0.39 is 6.17 Å². The van der Waals surface area contributed by atoms with Crippen LogP contribution >= 0.6 is 11.6 Å². The van der Waals surface area contributed by atoms with E-state index in [1.807, 2.05) is 18.3 Å². The van der Waals surface area contributed by atoms with Gasteiger partial charge in [0, 0.05) is 49.9 Å². The van der Waals surface area contributed by atoms with Crippen LogP contribution in [0, 0.1) is 0 Å². The van der Waals surface area contributed by atoms with Crippen molar-refractivity contribution in [2.45, 2.75) is 69.2 Å². The lowest BCUT2D eigenvalue weighted by Crippen LogP contribution is -2.51. The molecule has 224 valence electrons. The van der Waals surface area contributed by atoms with Crippen molar-refractivity contribution in [3.63, 3.8) is 0 Å². The van der Waals surface area contributed by atoms with Gasteiger partial charge in [-0.2, -0.15) is 4.98 Å². The minimum atomic E-state index is -0.837. The number of nitrogens with zero attached hydrogens (tertiary/aromatic N) is 5. The highest BCUT2D eigenvalue weighted by Crippen LogP contribution is 2.43. The van der Waals surface area contributed by atoms with Gasteiger partial charge in [-0.3, -0.25) is 4.90 Å². The van der Waals surface area contributed by atoms with Crippen LogP contribution in [-0.4, -0.2) is 81.5 Å². The number of phenolic OH excluding ortho intramolecular Hbond substituents is 1. The minimum absolute atomic E-state index is 0.157. The van der Waals surface area contributed by atoms with Gasteiger partial charge in [0.05, 0.1) is 10.9 Å². The van der Waals surface area contributed by atoms with E-state index in [-0.39, 0.29) is 11.3 Å². The molecule has 8 nitrogen and oxygen atoms in total. The van der Waals surface area contributed by atoms with Crippen LogP contribution in [0.2, 0.25) is 5.02 Å². The van der Waals surface area contributed by atoms with Crippen molar-refractivity contribution in [3.8, 4) is 23.0 Å². The minimum Gasteiger partial charge on any atom is -0.508 e. The van der Waals surface area contributed by atoms with Crippen molar-refractivity contribution in [2.24, 2.45) is 0 Å². The third-order valence-corrected chi connectivity index (χ3v) is 10.4. The summed E-state index contributed by atoms with van der Waals surface area (Å²) >= 11 is 7.10. The highest BCUT2D eigenvalue weighted by atomic mass is 35.5. The van der Waals surface area contributed by atoms with Gasteiger partial charge >= 0.3 is 0 Å². The number of rotatable bonds is 6. The topological polar surface area (TPSA) is 86.6 Å². The summed E-state index contributed by atoms with van der Waals surface area (Å²) in [6.45, 7) is 5.48. The molecule has 4 aromatic rings. The molecule has 6 heterocycles. The van der Waals surface area contributed by atoms with E-state index in [0.29, 0.717) is 53.9 Å². The van der Waals surface area contributed by atoms with Crippen LogP contribution in [-0.2, 0) is 6.42 Å². The average molecular weight is 603 g/mol. The lowest BCUT2D eigenvalue weighted by molar-refractivity contribution is 0.111. The van der Waals surface area contributed by atoms with E-state index >= 15 is 0 Å². The summed E-state index contributed by atoms with van der Waals surface area (Å²) in [5.41, 5.74) is 2.16. The van der Waals surface area contributed by atoms with Gasteiger partial charge in [0.15, 0.2) is 5.82 Å². The predicted octanol–water partition coefficient (Wildman–Crippen LogP) is 5.66.